The lowest BCUT2D eigenvalue weighted by Gasteiger charge is -2.29. The van der Waals surface area contributed by atoms with E-state index in [2.05, 4.69) is 12.2 Å². The van der Waals surface area contributed by atoms with Gasteiger partial charge in [-0.25, -0.2) is 0 Å². The summed E-state index contributed by atoms with van der Waals surface area (Å²) in [5.41, 5.74) is 14.9. The molecule has 0 radical (unpaired) electrons. The predicted octanol–water partition coefficient (Wildman–Crippen LogP) is 5.34. The molecule has 0 fully saturated rings. The molecular formula is C29H36N6O2. The predicted molar refractivity (Wildman–Crippen MR) is 152 cm³/mol. The molecule has 0 spiro atoms. The summed E-state index contributed by atoms with van der Waals surface area (Å²) < 4.78 is 0. The summed E-state index contributed by atoms with van der Waals surface area (Å²) in [6.45, 7) is 6.93. The number of amides is 2. The molecule has 3 aromatic rings. The summed E-state index contributed by atoms with van der Waals surface area (Å²) in [7, 11) is 0. The van der Waals surface area contributed by atoms with Crippen molar-refractivity contribution in [3.63, 3.8) is 0 Å². The van der Waals surface area contributed by atoms with Crippen LogP contribution in [-0.4, -0.2) is 41.5 Å². The van der Waals surface area contributed by atoms with Crippen molar-refractivity contribution in [2.24, 2.45) is 11.5 Å². The molecule has 1 heterocycles. The second-order valence-corrected chi connectivity index (χ2v) is 9.14. The minimum absolute atomic E-state index is 0.0151. The van der Waals surface area contributed by atoms with Crippen LogP contribution in [0.25, 0.3) is 21.9 Å². The molecule has 37 heavy (non-hydrogen) atoms. The number of amidine groups is 2. The first-order chi connectivity index (χ1) is 17.7. The van der Waals surface area contributed by atoms with Crippen LogP contribution in [0.1, 0.15) is 72.7 Å². The number of hydrogen-bond acceptors (Lipinski definition) is 5. The van der Waals surface area contributed by atoms with Crippen LogP contribution in [0, 0.1) is 10.8 Å². The highest BCUT2D eigenvalue weighted by molar-refractivity contribution is 6.28. The summed E-state index contributed by atoms with van der Waals surface area (Å²) in [5, 5.41) is 19.1. The van der Waals surface area contributed by atoms with E-state index in [1.165, 1.54) is 11.8 Å². The molecule has 0 atom stereocenters. The van der Waals surface area contributed by atoms with Crippen molar-refractivity contribution in [3.8, 4) is 11.1 Å². The van der Waals surface area contributed by atoms with Gasteiger partial charge in [0.1, 0.15) is 5.84 Å². The van der Waals surface area contributed by atoms with Crippen LogP contribution in [0.5, 0.6) is 0 Å². The molecule has 0 saturated carbocycles. The fourth-order valence-corrected chi connectivity index (χ4v) is 4.37. The number of carbonyl (C=O) groups is 2. The number of nitrogens with one attached hydrogen (secondary N) is 3. The Labute approximate surface area is 218 Å². The van der Waals surface area contributed by atoms with Gasteiger partial charge < -0.3 is 16.8 Å². The number of imide groups is 1. The van der Waals surface area contributed by atoms with E-state index in [1.807, 2.05) is 55.5 Å². The van der Waals surface area contributed by atoms with Crippen molar-refractivity contribution in [3.05, 3.63) is 65.2 Å². The average molecular weight is 501 g/mol. The van der Waals surface area contributed by atoms with Gasteiger partial charge in [-0.2, -0.15) is 0 Å². The number of hydrogen-bond donors (Lipinski definition) is 5. The first-order valence-corrected chi connectivity index (χ1v) is 12.7. The summed E-state index contributed by atoms with van der Waals surface area (Å²) in [6, 6.07) is 15.1. The van der Waals surface area contributed by atoms with E-state index in [4.69, 9.17) is 22.3 Å². The molecule has 8 heteroatoms. The molecule has 3 aromatic carbocycles. The molecule has 1 aliphatic rings. The van der Waals surface area contributed by atoms with Gasteiger partial charge in [-0.15, -0.1) is 0 Å². The third kappa shape index (κ3) is 5.97. The number of unbranched alkanes of at least 4 members (excludes halogenated alkanes) is 2. The largest absolute Gasteiger partial charge is 0.388 e. The summed E-state index contributed by atoms with van der Waals surface area (Å²) in [4.78, 5) is 28.0. The maximum atomic E-state index is 13.5. The zero-order valence-electron chi connectivity index (χ0n) is 21.8. The quantitative estimate of drug-likeness (QED) is 0.116. The lowest BCUT2D eigenvalue weighted by molar-refractivity contribution is 0.0608. The van der Waals surface area contributed by atoms with Gasteiger partial charge in [0.25, 0.3) is 11.8 Å². The van der Waals surface area contributed by atoms with Crippen LogP contribution in [-0.2, 0) is 0 Å². The highest BCUT2D eigenvalue weighted by Crippen LogP contribution is 2.41. The smallest absolute Gasteiger partial charge is 0.261 e. The molecule has 1 aliphatic heterocycles. The van der Waals surface area contributed by atoms with Gasteiger partial charge in [-0.1, -0.05) is 63.1 Å². The maximum Gasteiger partial charge on any atom is 0.261 e. The Balaban J connectivity index is 0.000000886. The molecular weight excluding hydrogens is 464 g/mol. The number of benzene rings is 3. The van der Waals surface area contributed by atoms with Gasteiger partial charge >= 0.3 is 0 Å². The summed E-state index contributed by atoms with van der Waals surface area (Å²) in [6.07, 6.45) is 3.75. The van der Waals surface area contributed by atoms with Crippen molar-refractivity contribution >= 4 is 39.9 Å². The third-order valence-electron chi connectivity index (χ3n) is 6.19. The Hall–Kier alpha value is -4.20. The molecule has 0 saturated heterocycles. The lowest BCUT2D eigenvalue weighted by atomic mass is 9.88. The second-order valence-electron chi connectivity index (χ2n) is 9.14. The molecule has 4 rings (SSSR count). The van der Waals surface area contributed by atoms with Crippen molar-refractivity contribution in [1.29, 1.82) is 10.8 Å². The van der Waals surface area contributed by atoms with Crippen molar-refractivity contribution in [2.75, 3.05) is 18.4 Å². The van der Waals surface area contributed by atoms with Crippen LogP contribution in [0.3, 0.4) is 0 Å². The van der Waals surface area contributed by atoms with Gasteiger partial charge in [-0.3, -0.25) is 25.3 Å². The fraction of sp³-hybridized carbons (Fsp3) is 0.310. The normalized spacial score (nSPS) is 12.2. The van der Waals surface area contributed by atoms with Crippen LogP contribution in [0.2, 0.25) is 0 Å². The number of rotatable bonds is 9. The Morgan fingerprint density at radius 1 is 0.892 bits per heavy atom. The highest BCUT2D eigenvalue weighted by Gasteiger charge is 2.34. The Morgan fingerprint density at radius 2 is 1.51 bits per heavy atom. The van der Waals surface area contributed by atoms with E-state index in [0.29, 0.717) is 23.2 Å². The van der Waals surface area contributed by atoms with Crippen LogP contribution in [0.4, 0.5) is 5.69 Å². The number of anilines is 1. The molecule has 2 amide bonds. The summed E-state index contributed by atoms with van der Waals surface area (Å²) in [5.74, 6) is -0.273. The molecule has 0 aromatic heterocycles. The van der Waals surface area contributed by atoms with Gasteiger partial charge in [-0.05, 0) is 37.5 Å². The first kappa shape index (κ1) is 27.4. The van der Waals surface area contributed by atoms with Gasteiger partial charge in [0.2, 0.25) is 0 Å². The highest BCUT2D eigenvalue weighted by atomic mass is 16.2. The zero-order chi connectivity index (χ0) is 27.1. The van der Waals surface area contributed by atoms with Crippen molar-refractivity contribution < 1.29 is 9.59 Å². The van der Waals surface area contributed by atoms with Crippen LogP contribution < -0.4 is 16.8 Å². The average Bonchev–Trinajstić information content (AvgIpc) is 2.87. The monoisotopic (exact) mass is 500 g/mol. The number of nitrogens with zero attached hydrogens (tertiary/aromatic N) is 1. The Bertz CT molecular complexity index is 1330. The molecule has 0 unspecified atom stereocenters. The third-order valence-corrected chi connectivity index (χ3v) is 6.19. The number of nitrogen functional groups attached to an aromatic ring is 1. The molecule has 0 aliphatic carbocycles. The van der Waals surface area contributed by atoms with E-state index in [9.17, 15) is 9.59 Å². The van der Waals surface area contributed by atoms with E-state index >= 15 is 0 Å². The zero-order valence-corrected chi connectivity index (χ0v) is 21.8. The Kier molecular flexibility index (Phi) is 9.00. The molecule has 0 bridgehead atoms. The SMILES string of the molecule is CC(=N)N.CCCCNc1c(-c2ccc(C(=N)N)cc2)cc2c3c(cccc13)C(=O)N(CCCC)C2=O. The van der Waals surface area contributed by atoms with Crippen molar-refractivity contribution in [2.45, 2.75) is 46.5 Å². The number of nitrogens with two attached hydrogens (primary N) is 2. The van der Waals surface area contributed by atoms with E-state index in [-0.39, 0.29) is 23.5 Å². The van der Waals surface area contributed by atoms with Crippen LogP contribution >= 0.6 is 0 Å². The van der Waals surface area contributed by atoms with Gasteiger partial charge in [0, 0.05) is 51.8 Å². The standard InChI is InChI=1S/C27H30N4O2.C2H6N2/c1-3-5-14-30-24-19-8-7-9-20-23(19)22(27(33)31(26(20)32)15-6-4-2)16-21(24)17-10-12-18(13-11-17)25(28)29;1-2(3)4/h7-13,16,30H,3-6,14-15H2,1-2H3,(H3,28,29);1H3,(H3,3,4). The minimum Gasteiger partial charge on any atom is -0.388 e. The first-order valence-electron chi connectivity index (χ1n) is 12.7. The second kappa shape index (κ2) is 12.2. The Morgan fingerprint density at radius 3 is 2.11 bits per heavy atom. The van der Waals surface area contributed by atoms with Gasteiger partial charge in [0.15, 0.2) is 0 Å². The maximum absolute atomic E-state index is 13.5. The van der Waals surface area contributed by atoms with Crippen molar-refractivity contribution in [1.82, 2.24) is 4.90 Å². The lowest BCUT2D eigenvalue weighted by Crippen LogP contribution is -2.41. The van der Waals surface area contributed by atoms with E-state index in [1.54, 1.807) is 0 Å². The molecule has 194 valence electrons. The van der Waals surface area contributed by atoms with Gasteiger partial charge in [0.05, 0.1) is 5.84 Å². The topological polar surface area (TPSA) is 149 Å². The fourth-order valence-electron chi connectivity index (χ4n) is 4.37. The number of carbonyl (C=O) groups excluding carboxylic acids is 2. The molecule has 8 nitrogen and oxygen atoms in total. The van der Waals surface area contributed by atoms with E-state index in [0.717, 1.165) is 59.8 Å². The van der Waals surface area contributed by atoms with Crippen LogP contribution in [0.15, 0.2) is 48.5 Å². The molecule has 7 N–H and O–H groups in total. The minimum atomic E-state index is -0.237. The van der Waals surface area contributed by atoms with E-state index < -0.39 is 0 Å². The summed E-state index contributed by atoms with van der Waals surface area (Å²) >= 11 is 0.